The Bertz CT molecular complexity index is 786. The van der Waals surface area contributed by atoms with Crippen LogP contribution in [0.2, 0.25) is 10.0 Å². The molecule has 132 valence electrons. The Morgan fingerprint density at radius 1 is 1.28 bits per heavy atom. The van der Waals surface area contributed by atoms with Gasteiger partial charge in [-0.05, 0) is 36.1 Å². The van der Waals surface area contributed by atoms with Gasteiger partial charge in [-0.2, -0.15) is 0 Å². The topological polar surface area (TPSA) is 50.2 Å². The second-order valence-corrected chi connectivity index (χ2v) is 7.67. The van der Waals surface area contributed by atoms with Gasteiger partial charge >= 0.3 is 0 Å². The largest absolute Gasteiger partial charge is 0.336 e. The maximum Gasteiger partial charge on any atom is 0.227 e. The van der Waals surface area contributed by atoms with E-state index in [0.29, 0.717) is 16.6 Å². The van der Waals surface area contributed by atoms with E-state index in [1.54, 1.807) is 12.3 Å². The molecule has 3 unspecified atom stereocenters. The zero-order chi connectivity index (χ0) is 17.6. The van der Waals surface area contributed by atoms with Crippen molar-refractivity contribution >= 4 is 29.1 Å². The lowest BCUT2D eigenvalue weighted by Gasteiger charge is -2.36. The molecular weight excluding hydrogens is 359 g/mol. The number of amides is 1. The zero-order valence-corrected chi connectivity index (χ0v) is 15.5. The minimum atomic E-state index is -0.0227. The Kier molecular flexibility index (Phi) is 4.48. The van der Waals surface area contributed by atoms with E-state index in [2.05, 4.69) is 10.3 Å². The van der Waals surface area contributed by atoms with Gasteiger partial charge in [0.2, 0.25) is 5.91 Å². The van der Waals surface area contributed by atoms with Crippen LogP contribution in [-0.2, 0) is 11.8 Å². The van der Waals surface area contributed by atoms with Gasteiger partial charge < -0.3 is 14.8 Å². The molecule has 1 aromatic carbocycles. The summed E-state index contributed by atoms with van der Waals surface area (Å²) in [5.74, 6) is 1.34. The van der Waals surface area contributed by atoms with Crippen molar-refractivity contribution in [2.24, 2.45) is 13.0 Å². The van der Waals surface area contributed by atoms with Crippen molar-refractivity contribution in [2.75, 3.05) is 19.6 Å². The van der Waals surface area contributed by atoms with E-state index >= 15 is 0 Å². The Hall–Kier alpha value is -1.56. The number of aryl methyl sites for hydroxylation is 1. The summed E-state index contributed by atoms with van der Waals surface area (Å²) >= 11 is 12.2. The van der Waals surface area contributed by atoms with E-state index in [1.165, 1.54) is 0 Å². The summed E-state index contributed by atoms with van der Waals surface area (Å²) in [6, 6.07) is 5.53. The molecule has 2 aliphatic rings. The maximum atomic E-state index is 13.1. The molecule has 1 N–H and O–H groups in total. The van der Waals surface area contributed by atoms with Crippen LogP contribution in [0.5, 0.6) is 0 Å². The number of halogens is 2. The summed E-state index contributed by atoms with van der Waals surface area (Å²) < 4.78 is 1.99. The molecule has 1 aliphatic carbocycles. The van der Waals surface area contributed by atoms with Gasteiger partial charge in [-0.1, -0.05) is 23.2 Å². The van der Waals surface area contributed by atoms with Gasteiger partial charge in [0.25, 0.3) is 0 Å². The fourth-order valence-electron chi connectivity index (χ4n) is 3.74. The van der Waals surface area contributed by atoms with Gasteiger partial charge in [0.05, 0.1) is 0 Å². The van der Waals surface area contributed by atoms with Crippen LogP contribution in [-0.4, -0.2) is 40.0 Å². The number of piperazine rings is 1. The molecule has 2 fully saturated rings. The minimum absolute atomic E-state index is 0.00963. The standard InChI is InChI=1S/C18H20Cl2N4O/c1-23-4-3-22-17(23)16-10-21-2-5-24(16)18(25)15-9-14(15)11-6-12(19)8-13(20)7-11/h3-4,6-8,14-16,21H,2,5,9-10H2,1H3. The van der Waals surface area contributed by atoms with E-state index < -0.39 is 0 Å². The van der Waals surface area contributed by atoms with Crippen LogP contribution in [0.3, 0.4) is 0 Å². The molecule has 3 atom stereocenters. The summed E-state index contributed by atoms with van der Waals surface area (Å²) in [7, 11) is 1.97. The van der Waals surface area contributed by atoms with E-state index in [1.807, 2.05) is 34.8 Å². The normalized spacial score (nSPS) is 25.9. The van der Waals surface area contributed by atoms with E-state index in [9.17, 15) is 4.79 Å². The molecule has 5 nitrogen and oxygen atoms in total. The molecular formula is C18H20Cl2N4O. The minimum Gasteiger partial charge on any atom is -0.336 e. The number of nitrogens with one attached hydrogen (secondary N) is 1. The highest BCUT2D eigenvalue weighted by molar-refractivity contribution is 6.34. The molecule has 1 saturated heterocycles. The van der Waals surface area contributed by atoms with E-state index in [4.69, 9.17) is 23.2 Å². The SMILES string of the molecule is Cn1ccnc1C1CNCCN1C(=O)C1CC1c1cc(Cl)cc(Cl)c1. The van der Waals surface area contributed by atoms with Gasteiger partial charge in [-0.3, -0.25) is 4.79 Å². The van der Waals surface area contributed by atoms with E-state index in [0.717, 1.165) is 30.9 Å². The first kappa shape index (κ1) is 16.9. The summed E-state index contributed by atoms with van der Waals surface area (Å²) in [6.45, 7) is 2.25. The zero-order valence-electron chi connectivity index (χ0n) is 14.0. The summed E-state index contributed by atoms with van der Waals surface area (Å²) in [6.07, 6.45) is 4.55. The quantitative estimate of drug-likeness (QED) is 0.892. The van der Waals surface area contributed by atoms with Crippen LogP contribution in [0.25, 0.3) is 0 Å². The fourth-order valence-corrected chi connectivity index (χ4v) is 4.28. The van der Waals surface area contributed by atoms with Crippen molar-refractivity contribution < 1.29 is 4.79 Å². The first-order valence-corrected chi connectivity index (χ1v) is 9.24. The van der Waals surface area contributed by atoms with Crippen molar-refractivity contribution in [2.45, 2.75) is 18.4 Å². The average molecular weight is 379 g/mol. The third kappa shape index (κ3) is 3.28. The van der Waals surface area contributed by atoms with Crippen molar-refractivity contribution in [3.05, 3.63) is 52.0 Å². The molecule has 25 heavy (non-hydrogen) atoms. The number of rotatable bonds is 3. The Morgan fingerprint density at radius 2 is 2.04 bits per heavy atom. The third-order valence-corrected chi connectivity index (χ3v) is 5.54. The summed E-state index contributed by atoms with van der Waals surface area (Å²) in [5, 5.41) is 4.61. The first-order chi connectivity index (χ1) is 12.0. The van der Waals surface area contributed by atoms with Crippen LogP contribution in [0.1, 0.15) is 29.8 Å². The van der Waals surface area contributed by atoms with Gasteiger partial charge in [-0.25, -0.2) is 4.98 Å². The van der Waals surface area contributed by atoms with Crippen LogP contribution in [0.4, 0.5) is 0 Å². The number of imidazole rings is 1. The highest BCUT2D eigenvalue weighted by Crippen LogP contribution is 2.50. The van der Waals surface area contributed by atoms with Crippen molar-refractivity contribution in [3.63, 3.8) is 0 Å². The maximum absolute atomic E-state index is 13.1. The second kappa shape index (κ2) is 6.63. The Labute approximate surface area is 156 Å². The Morgan fingerprint density at radius 3 is 2.72 bits per heavy atom. The van der Waals surface area contributed by atoms with Gasteiger partial charge in [0, 0.05) is 55.0 Å². The van der Waals surface area contributed by atoms with Gasteiger partial charge in [0.1, 0.15) is 11.9 Å². The molecule has 7 heteroatoms. The average Bonchev–Trinajstić information content (AvgIpc) is 3.28. The number of aromatic nitrogens is 2. The summed E-state index contributed by atoms with van der Waals surface area (Å²) in [4.78, 5) is 19.6. The number of nitrogens with zero attached hydrogens (tertiary/aromatic N) is 3. The molecule has 0 radical (unpaired) electrons. The van der Waals surface area contributed by atoms with Crippen molar-refractivity contribution in [3.8, 4) is 0 Å². The molecule has 1 amide bonds. The van der Waals surface area contributed by atoms with E-state index in [-0.39, 0.29) is 23.8 Å². The van der Waals surface area contributed by atoms with Crippen molar-refractivity contribution in [1.29, 1.82) is 0 Å². The predicted molar refractivity (Wildman–Crippen MR) is 97.8 cm³/mol. The third-order valence-electron chi connectivity index (χ3n) is 5.10. The Balaban J connectivity index is 1.53. The van der Waals surface area contributed by atoms with Crippen molar-refractivity contribution in [1.82, 2.24) is 19.8 Å². The molecule has 1 aliphatic heterocycles. The lowest BCUT2D eigenvalue weighted by atomic mass is 10.1. The monoisotopic (exact) mass is 378 g/mol. The van der Waals surface area contributed by atoms with Gasteiger partial charge in [0.15, 0.2) is 0 Å². The highest BCUT2D eigenvalue weighted by atomic mass is 35.5. The predicted octanol–water partition coefficient (Wildman–Crippen LogP) is 3.00. The number of hydrogen-bond acceptors (Lipinski definition) is 3. The lowest BCUT2D eigenvalue weighted by Crippen LogP contribution is -2.50. The molecule has 2 aromatic rings. The van der Waals surface area contributed by atoms with Crippen LogP contribution >= 0.6 is 23.2 Å². The highest BCUT2D eigenvalue weighted by Gasteiger charge is 2.47. The molecule has 0 spiro atoms. The molecule has 2 heterocycles. The first-order valence-electron chi connectivity index (χ1n) is 8.49. The number of hydrogen-bond donors (Lipinski definition) is 1. The summed E-state index contributed by atoms with van der Waals surface area (Å²) in [5.41, 5.74) is 1.06. The smallest absolute Gasteiger partial charge is 0.227 e. The molecule has 1 aromatic heterocycles. The van der Waals surface area contributed by atoms with Gasteiger partial charge in [-0.15, -0.1) is 0 Å². The number of carbonyl (C=O) groups excluding carboxylic acids is 1. The molecule has 1 saturated carbocycles. The van der Waals surface area contributed by atoms with Crippen LogP contribution < -0.4 is 5.32 Å². The second-order valence-electron chi connectivity index (χ2n) is 6.80. The van der Waals surface area contributed by atoms with Crippen LogP contribution in [0, 0.1) is 5.92 Å². The molecule has 0 bridgehead atoms. The lowest BCUT2D eigenvalue weighted by molar-refractivity contribution is -0.136. The number of carbonyl (C=O) groups is 1. The fraction of sp³-hybridized carbons (Fsp3) is 0.444. The molecule has 4 rings (SSSR count). The number of benzene rings is 1. The van der Waals surface area contributed by atoms with Crippen LogP contribution in [0.15, 0.2) is 30.6 Å².